The molecule has 170 valence electrons. The van der Waals surface area contributed by atoms with Gasteiger partial charge in [-0.1, -0.05) is 50.2 Å². The van der Waals surface area contributed by atoms with Crippen molar-refractivity contribution < 1.29 is 9.59 Å². The molecule has 2 rings (SSSR count). The van der Waals surface area contributed by atoms with E-state index >= 15 is 0 Å². The van der Waals surface area contributed by atoms with Crippen LogP contribution in [0.2, 0.25) is 0 Å². The zero-order chi connectivity index (χ0) is 23.8. The first-order valence-corrected chi connectivity index (χ1v) is 10.9. The van der Waals surface area contributed by atoms with Crippen LogP contribution in [-0.4, -0.2) is 67.8 Å². The van der Waals surface area contributed by atoms with E-state index in [0.29, 0.717) is 24.4 Å². The molecule has 0 aliphatic carbocycles. The van der Waals surface area contributed by atoms with Gasteiger partial charge in [-0.25, -0.2) is 0 Å². The van der Waals surface area contributed by atoms with Gasteiger partial charge in [-0.05, 0) is 55.3 Å². The quantitative estimate of drug-likeness (QED) is 0.441. The largest absolute Gasteiger partial charge is 0.340 e. The summed E-state index contributed by atoms with van der Waals surface area (Å²) in [5.41, 5.74) is 3.49. The molecule has 2 amide bonds. The van der Waals surface area contributed by atoms with Crippen LogP contribution < -0.4 is 0 Å². The normalized spacial score (nSPS) is 11.8. The molecular weight excluding hydrogens is 400 g/mol. The Labute approximate surface area is 192 Å². The molecule has 0 spiro atoms. The van der Waals surface area contributed by atoms with Crippen LogP contribution in [0.25, 0.3) is 11.1 Å². The summed E-state index contributed by atoms with van der Waals surface area (Å²) in [6.45, 7) is 5.62. The van der Waals surface area contributed by atoms with E-state index in [0.717, 1.165) is 28.1 Å². The molecule has 0 radical (unpaired) electrons. The minimum atomic E-state index is -0.370. The van der Waals surface area contributed by atoms with Gasteiger partial charge in [0.05, 0.1) is 5.92 Å². The lowest BCUT2D eigenvalue weighted by molar-refractivity contribution is -0.129. The lowest BCUT2D eigenvalue weighted by Gasteiger charge is -2.21. The predicted molar refractivity (Wildman–Crippen MR) is 128 cm³/mol. The third-order valence-electron chi connectivity index (χ3n) is 5.47. The number of nitriles is 1. The van der Waals surface area contributed by atoms with Crippen molar-refractivity contribution in [1.29, 1.82) is 5.26 Å². The Morgan fingerprint density at radius 3 is 2.16 bits per heavy atom. The Bertz CT molecular complexity index is 961. The van der Waals surface area contributed by atoms with Gasteiger partial charge in [-0.3, -0.25) is 14.5 Å². The van der Waals surface area contributed by atoms with Gasteiger partial charge >= 0.3 is 0 Å². The summed E-state index contributed by atoms with van der Waals surface area (Å²) >= 11 is 0. The number of rotatable bonds is 9. The Morgan fingerprint density at radius 1 is 0.938 bits per heavy atom. The van der Waals surface area contributed by atoms with Crippen molar-refractivity contribution in [3.8, 4) is 17.3 Å². The van der Waals surface area contributed by atoms with Crippen molar-refractivity contribution in [3.63, 3.8) is 0 Å². The van der Waals surface area contributed by atoms with Crippen molar-refractivity contribution in [2.24, 2.45) is 5.92 Å². The summed E-state index contributed by atoms with van der Waals surface area (Å²) < 4.78 is 0. The van der Waals surface area contributed by atoms with Gasteiger partial charge in [-0.15, -0.1) is 0 Å². The molecule has 1 unspecified atom stereocenters. The Hall–Kier alpha value is -3.17. The highest BCUT2D eigenvalue weighted by Crippen LogP contribution is 2.30. The summed E-state index contributed by atoms with van der Waals surface area (Å²) in [5.74, 6) is -0.255. The third-order valence-corrected chi connectivity index (χ3v) is 5.47. The molecule has 32 heavy (non-hydrogen) atoms. The zero-order valence-corrected chi connectivity index (χ0v) is 20.0. The Balaban J connectivity index is 2.26. The SMILES string of the molecule is CC(C)CC(C(=O)N(C)C#N)c1cccc(-c2ccc(C(=O)N(C)CCN(C)C)cc2)c1. The fraction of sp³-hybridized carbons (Fsp3) is 0.423. The number of hydrogen-bond acceptors (Lipinski definition) is 4. The molecule has 6 nitrogen and oxygen atoms in total. The number of amides is 2. The van der Waals surface area contributed by atoms with Crippen LogP contribution in [0.5, 0.6) is 0 Å². The number of hydrogen-bond donors (Lipinski definition) is 0. The maximum Gasteiger partial charge on any atom is 0.253 e. The van der Waals surface area contributed by atoms with Crippen molar-refractivity contribution in [3.05, 3.63) is 59.7 Å². The molecule has 2 aromatic carbocycles. The fourth-order valence-corrected chi connectivity index (χ4v) is 3.55. The number of nitrogens with zero attached hydrogens (tertiary/aromatic N) is 4. The summed E-state index contributed by atoms with van der Waals surface area (Å²) in [7, 11) is 7.29. The molecule has 0 heterocycles. The van der Waals surface area contributed by atoms with Crippen LogP contribution in [-0.2, 0) is 4.79 Å². The number of likely N-dealkylation sites (N-methyl/N-ethyl adjacent to an activating group) is 3. The van der Waals surface area contributed by atoms with Gasteiger partial charge in [0, 0.05) is 32.7 Å². The molecule has 0 aliphatic rings. The molecule has 0 saturated carbocycles. The first-order chi connectivity index (χ1) is 15.1. The molecule has 0 saturated heterocycles. The fourth-order valence-electron chi connectivity index (χ4n) is 3.55. The first kappa shape index (κ1) is 25.1. The van der Waals surface area contributed by atoms with Gasteiger partial charge in [0.25, 0.3) is 5.91 Å². The third kappa shape index (κ3) is 6.66. The van der Waals surface area contributed by atoms with Crippen molar-refractivity contribution in [1.82, 2.24) is 14.7 Å². The van der Waals surface area contributed by atoms with Gasteiger partial charge in [0.2, 0.25) is 5.91 Å². The van der Waals surface area contributed by atoms with E-state index in [-0.39, 0.29) is 17.7 Å². The predicted octanol–water partition coefficient (Wildman–Crippen LogP) is 4.06. The average molecular weight is 435 g/mol. The number of carbonyl (C=O) groups is 2. The maximum absolute atomic E-state index is 12.8. The molecule has 0 fully saturated rings. The molecule has 0 N–H and O–H groups in total. The van der Waals surface area contributed by atoms with Crippen LogP contribution in [0.15, 0.2) is 48.5 Å². The molecule has 0 bridgehead atoms. The van der Waals surface area contributed by atoms with Gasteiger partial charge in [0.1, 0.15) is 0 Å². The van der Waals surface area contributed by atoms with E-state index in [9.17, 15) is 9.59 Å². The Morgan fingerprint density at radius 2 is 1.59 bits per heavy atom. The molecular formula is C26H34N4O2. The lowest BCUT2D eigenvalue weighted by Crippen LogP contribution is -2.33. The van der Waals surface area contributed by atoms with Crippen LogP contribution in [0.3, 0.4) is 0 Å². The number of benzene rings is 2. The van der Waals surface area contributed by atoms with Crippen LogP contribution >= 0.6 is 0 Å². The van der Waals surface area contributed by atoms with E-state index < -0.39 is 0 Å². The standard InChI is InChI=1S/C26H34N4O2/c1-19(2)16-24(26(32)30(6)18-27)23-9-7-8-22(17-23)20-10-12-21(13-11-20)25(31)29(5)15-14-28(3)4/h7-13,17,19,24H,14-16H2,1-6H3. The minimum Gasteiger partial charge on any atom is -0.340 e. The highest BCUT2D eigenvalue weighted by Gasteiger charge is 2.25. The van der Waals surface area contributed by atoms with Gasteiger partial charge in [-0.2, -0.15) is 5.26 Å². The highest BCUT2D eigenvalue weighted by atomic mass is 16.2. The van der Waals surface area contributed by atoms with E-state index in [2.05, 4.69) is 13.8 Å². The molecule has 0 aromatic heterocycles. The average Bonchev–Trinajstić information content (AvgIpc) is 2.79. The van der Waals surface area contributed by atoms with Crippen LogP contribution in [0.1, 0.15) is 42.1 Å². The smallest absolute Gasteiger partial charge is 0.253 e. The van der Waals surface area contributed by atoms with E-state index in [1.54, 1.807) is 4.90 Å². The molecule has 0 aliphatic heterocycles. The van der Waals surface area contributed by atoms with E-state index in [1.807, 2.05) is 80.8 Å². The summed E-state index contributed by atoms with van der Waals surface area (Å²) in [5, 5.41) is 9.16. The second kappa shape index (κ2) is 11.4. The molecule has 1 atom stereocenters. The Kier molecular flexibility index (Phi) is 8.98. The molecule has 6 heteroatoms. The van der Waals surface area contributed by atoms with E-state index in [4.69, 9.17) is 5.26 Å². The highest BCUT2D eigenvalue weighted by molar-refractivity contribution is 5.94. The van der Waals surface area contributed by atoms with Gasteiger partial charge in [0.15, 0.2) is 6.19 Å². The summed E-state index contributed by atoms with van der Waals surface area (Å²) in [6.07, 6.45) is 2.59. The van der Waals surface area contributed by atoms with Crippen molar-refractivity contribution >= 4 is 11.8 Å². The van der Waals surface area contributed by atoms with Crippen molar-refractivity contribution in [2.45, 2.75) is 26.2 Å². The topological polar surface area (TPSA) is 67.6 Å². The lowest BCUT2D eigenvalue weighted by atomic mass is 9.87. The van der Waals surface area contributed by atoms with E-state index in [1.165, 1.54) is 7.05 Å². The monoisotopic (exact) mass is 434 g/mol. The van der Waals surface area contributed by atoms with Gasteiger partial charge < -0.3 is 9.80 Å². The van der Waals surface area contributed by atoms with Crippen LogP contribution in [0.4, 0.5) is 0 Å². The second-order valence-electron chi connectivity index (χ2n) is 8.91. The summed E-state index contributed by atoms with van der Waals surface area (Å²) in [6, 6.07) is 15.4. The number of carbonyl (C=O) groups excluding carboxylic acids is 2. The summed E-state index contributed by atoms with van der Waals surface area (Å²) in [4.78, 5) is 30.3. The van der Waals surface area contributed by atoms with Crippen LogP contribution in [0, 0.1) is 17.4 Å². The van der Waals surface area contributed by atoms with Crippen molar-refractivity contribution in [2.75, 3.05) is 41.3 Å². The maximum atomic E-state index is 12.8. The molecule has 2 aromatic rings. The first-order valence-electron chi connectivity index (χ1n) is 10.9. The zero-order valence-electron chi connectivity index (χ0n) is 20.0. The second-order valence-corrected chi connectivity index (χ2v) is 8.91. The minimum absolute atomic E-state index is 0.00529.